The molecule has 0 unspecified atom stereocenters. The summed E-state index contributed by atoms with van der Waals surface area (Å²) < 4.78 is 43.6. The van der Waals surface area contributed by atoms with Gasteiger partial charge >= 0.3 is 12.1 Å². The first-order valence-electron chi connectivity index (χ1n) is 7.83. The molecule has 1 N–H and O–H groups in total. The third-order valence-electron chi connectivity index (χ3n) is 3.90. The van der Waals surface area contributed by atoms with Crippen molar-refractivity contribution in [2.45, 2.75) is 12.9 Å². The van der Waals surface area contributed by atoms with E-state index in [0.29, 0.717) is 0 Å². The van der Waals surface area contributed by atoms with Crippen molar-refractivity contribution in [3.63, 3.8) is 0 Å². The molecule has 9 nitrogen and oxygen atoms in total. The molecule has 148 valence electrons. The second-order valence-corrected chi connectivity index (χ2v) is 5.87. The number of imidazole rings is 1. The van der Waals surface area contributed by atoms with Gasteiger partial charge in [0.25, 0.3) is 5.56 Å². The Morgan fingerprint density at radius 3 is 2.39 bits per heavy atom. The van der Waals surface area contributed by atoms with Gasteiger partial charge in [-0.15, -0.1) is 13.2 Å². The van der Waals surface area contributed by atoms with Gasteiger partial charge in [0.1, 0.15) is 12.3 Å². The van der Waals surface area contributed by atoms with E-state index in [1.54, 1.807) is 0 Å². The van der Waals surface area contributed by atoms with Crippen molar-refractivity contribution >= 4 is 22.8 Å². The highest BCUT2D eigenvalue weighted by Gasteiger charge is 2.31. The molecule has 0 spiro atoms. The number of aryl methyl sites for hydroxylation is 1. The van der Waals surface area contributed by atoms with Crippen LogP contribution in [-0.2, 0) is 25.4 Å². The van der Waals surface area contributed by atoms with Gasteiger partial charge in [-0.05, 0) is 24.3 Å². The van der Waals surface area contributed by atoms with Crippen LogP contribution >= 0.6 is 0 Å². The summed E-state index contributed by atoms with van der Waals surface area (Å²) in [5, 5.41) is 2.49. The maximum absolute atomic E-state index is 12.3. The van der Waals surface area contributed by atoms with Gasteiger partial charge in [0, 0.05) is 19.8 Å². The molecule has 1 amide bonds. The van der Waals surface area contributed by atoms with Gasteiger partial charge in [-0.2, -0.15) is 0 Å². The van der Waals surface area contributed by atoms with Crippen LogP contribution in [0.25, 0.3) is 11.2 Å². The average Bonchev–Trinajstić information content (AvgIpc) is 3.02. The Morgan fingerprint density at radius 2 is 1.79 bits per heavy atom. The fraction of sp³-hybridized carbons (Fsp3) is 0.250. The van der Waals surface area contributed by atoms with Gasteiger partial charge in [0.15, 0.2) is 11.2 Å². The van der Waals surface area contributed by atoms with Gasteiger partial charge in [-0.3, -0.25) is 18.7 Å². The number of alkyl halides is 3. The first-order chi connectivity index (χ1) is 13.1. The second kappa shape index (κ2) is 6.87. The van der Waals surface area contributed by atoms with Crippen LogP contribution in [0.15, 0.2) is 40.2 Å². The van der Waals surface area contributed by atoms with Gasteiger partial charge in [-0.1, -0.05) is 0 Å². The summed E-state index contributed by atoms with van der Waals surface area (Å²) in [6, 6.07) is 4.60. The molecule has 0 atom stereocenters. The Morgan fingerprint density at radius 1 is 1.14 bits per heavy atom. The molecule has 3 aromatic rings. The second-order valence-electron chi connectivity index (χ2n) is 5.87. The number of rotatable bonds is 4. The molecule has 28 heavy (non-hydrogen) atoms. The number of fused-ring (bicyclic) bond motifs is 1. The molecule has 0 radical (unpaired) electrons. The standard InChI is InChI=1S/C16H14F3N5O4/c1-22-13-12(14(26)23(2)15(22)27)24(8-20-13)7-11(25)21-9-3-5-10(6-4-9)28-16(17,18)19/h3-6,8H,7H2,1-2H3,(H,21,25). The van der Waals surface area contributed by atoms with E-state index in [4.69, 9.17) is 0 Å². The Hall–Kier alpha value is -3.57. The highest BCUT2D eigenvalue weighted by atomic mass is 19.4. The molecule has 0 aliphatic rings. The molecular formula is C16H14F3N5O4. The summed E-state index contributed by atoms with van der Waals surface area (Å²) in [5.74, 6) is -0.963. The van der Waals surface area contributed by atoms with Crippen LogP contribution < -0.4 is 21.3 Å². The van der Waals surface area contributed by atoms with Gasteiger partial charge in [0.2, 0.25) is 5.91 Å². The van der Waals surface area contributed by atoms with E-state index in [0.717, 1.165) is 16.7 Å². The van der Waals surface area contributed by atoms with E-state index >= 15 is 0 Å². The number of nitrogens with zero attached hydrogens (tertiary/aromatic N) is 4. The lowest BCUT2D eigenvalue weighted by Gasteiger charge is -2.10. The smallest absolute Gasteiger partial charge is 0.406 e. The molecule has 0 saturated carbocycles. The van der Waals surface area contributed by atoms with Crippen molar-refractivity contribution in [1.29, 1.82) is 0 Å². The maximum atomic E-state index is 12.3. The van der Waals surface area contributed by atoms with Crippen LogP contribution in [0.4, 0.5) is 18.9 Å². The van der Waals surface area contributed by atoms with Crippen molar-refractivity contribution in [3.05, 3.63) is 51.4 Å². The fourth-order valence-electron chi connectivity index (χ4n) is 2.61. The zero-order valence-corrected chi connectivity index (χ0v) is 14.6. The molecular weight excluding hydrogens is 383 g/mol. The normalized spacial score (nSPS) is 11.6. The number of hydrogen-bond donors (Lipinski definition) is 1. The number of halogens is 3. The monoisotopic (exact) mass is 397 g/mol. The van der Waals surface area contributed by atoms with Crippen LogP contribution in [0.3, 0.4) is 0 Å². The number of anilines is 1. The summed E-state index contributed by atoms with van der Waals surface area (Å²) in [6.07, 6.45) is -3.55. The summed E-state index contributed by atoms with van der Waals surface area (Å²) in [5.41, 5.74) is -0.696. The third kappa shape index (κ3) is 3.75. The van der Waals surface area contributed by atoms with E-state index in [1.165, 1.54) is 41.7 Å². The predicted molar refractivity (Wildman–Crippen MR) is 92.0 cm³/mol. The Bertz CT molecular complexity index is 1160. The van der Waals surface area contributed by atoms with E-state index in [-0.39, 0.29) is 23.4 Å². The van der Waals surface area contributed by atoms with Gasteiger partial charge in [-0.25, -0.2) is 9.78 Å². The third-order valence-corrected chi connectivity index (χ3v) is 3.90. The molecule has 2 heterocycles. The van der Waals surface area contributed by atoms with Crippen molar-refractivity contribution in [1.82, 2.24) is 18.7 Å². The Balaban J connectivity index is 1.79. The highest BCUT2D eigenvalue weighted by molar-refractivity contribution is 5.91. The minimum absolute atomic E-state index is 0.0775. The lowest BCUT2D eigenvalue weighted by Crippen LogP contribution is -2.37. The average molecular weight is 397 g/mol. The van der Waals surface area contributed by atoms with E-state index in [1.807, 2.05) is 0 Å². The zero-order valence-electron chi connectivity index (χ0n) is 14.6. The van der Waals surface area contributed by atoms with E-state index in [9.17, 15) is 27.6 Å². The van der Waals surface area contributed by atoms with Crippen LogP contribution in [0, 0.1) is 0 Å². The van der Waals surface area contributed by atoms with Crippen LogP contribution in [-0.4, -0.2) is 31.0 Å². The molecule has 0 aliphatic carbocycles. The number of amides is 1. The van der Waals surface area contributed by atoms with Gasteiger partial charge in [0.05, 0.1) is 6.33 Å². The largest absolute Gasteiger partial charge is 0.573 e. The molecule has 0 fully saturated rings. The molecule has 0 bridgehead atoms. The number of aromatic nitrogens is 4. The topological polar surface area (TPSA) is 100 Å². The number of hydrogen-bond acceptors (Lipinski definition) is 5. The first kappa shape index (κ1) is 19.2. The van der Waals surface area contributed by atoms with E-state index in [2.05, 4.69) is 15.0 Å². The Kier molecular flexibility index (Phi) is 4.71. The minimum Gasteiger partial charge on any atom is -0.406 e. The quantitative estimate of drug-likeness (QED) is 0.707. The maximum Gasteiger partial charge on any atom is 0.573 e. The summed E-state index contributed by atoms with van der Waals surface area (Å²) >= 11 is 0. The zero-order chi connectivity index (χ0) is 20.6. The van der Waals surface area contributed by atoms with Crippen LogP contribution in [0.5, 0.6) is 5.75 Å². The van der Waals surface area contributed by atoms with E-state index < -0.39 is 29.3 Å². The van der Waals surface area contributed by atoms with Crippen molar-refractivity contribution < 1.29 is 22.7 Å². The van der Waals surface area contributed by atoms with Crippen molar-refractivity contribution in [3.8, 4) is 5.75 Å². The molecule has 0 saturated heterocycles. The Labute approximate surface area is 154 Å². The van der Waals surface area contributed by atoms with Gasteiger partial charge < -0.3 is 14.6 Å². The lowest BCUT2D eigenvalue weighted by molar-refractivity contribution is -0.274. The number of ether oxygens (including phenoxy) is 1. The first-order valence-corrected chi connectivity index (χ1v) is 7.83. The fourth-order valence-corrected chi connectivity index (χ4v) is 2.61. The number of benzene rings is 1. The highest BCUT2D eigenvalue weighted by Crippen LogP contribution is 2.23. The van der Waals surface area contributed by atoms with Crippen LogP contribution in [0.2, 0.25) is 0 Å². The summed E-state index contributed by atoms with van der Waals surface area (Å²) in [7, 11) is 2.76. The van der Waals surface area contributed by atoms with Crippen LogP contribution in [0.1, 0.15) is 0 Å². The SMILES string of the molecule is Cn1c(=O)c2c(ncn2CC(=O)Nc2ccc(OC(F)(F)F)cc2)n(C)c1=O. The van der Waals surface area contributed by atoms with Crippen molar-refractivity contribution in [2.24, 2.45) is 14.1 Å². The molecule has 1 aromatic carbocycles. The minimum atomic E-state index is -4.81. The summed E-state index contributed by atoms with van der Waals surface area (Å²) in [4.78, 5) is 40.5. The predicted octanol–water partition coefficient (Wildman–Crippen LogP) is 0.971. The molecule has 3 rings (SSSR count). The number of nitrogens with one attached hydrogen (secondary N) is 1. The van der Waals surface area contributed by atoms with Crippen molar-refractivity contribution in [2.75, 3.05) is 5.32 Å². The number of carbonyl (C=O) groups is 1. The molecule has 2 aromatic heterocycles. The molecule has 12 heteroatoms. The summed E-state index contributed by atoms with van der Waals surface area (Å²) in [6.45, 7) is -0.287. The molecule has 0 aliphatic heterocycles. The number of carbonyl (C=O) groups excluding carboxylic acids is 1. The lowest BCUT2D eigenvalue weighted by atomic mass is 10.3.